The molecule has 0 amide bonds. The Morgan fingerprint density at radius 3 is 2.33 bits per heavy atom. The lowest BCUT2D eigenvalue weighted by molar-refractivity contribution is -0.177. The molecule has 2 bridgehead atoms. The molecule has 0 aromatic heterocycles. The van der Waals surface area contributed by atoms with Crippen molar-refractivity contribution in [2.75, 3.05) is 0 Å². The van der Waals surface area contributed by atoms with Gasteiger partial charge in [0, 0.05) is 6.04 Å². The van der Waals surface area contributed by atoms with Gasteiger partial charge in [0.1, 0.15) is 0 Å². The maximum Gasteiger partial charge on any atom is 0.0727 e. The predicted molar refractivity (Wildman–Crippen MR) is 48.5 cm³/mol. The summed E-state index contributed by atoms with van der Waals surface area (Å²) in [6, 6.07) is 0.0155. The van der Waals surface area contributed by atoms with E-state index in [1.807, 2.05) is 0 Å². The molecule has 0 aliphatic heterocycles. The largest absolute Gasteiger partial charge is 0.391 e. The summed E-state index contributed by atoms with van der Waals surface area (Å²) in [5.41, 5.74) is 6.24. The van der Waals surface area contributed by atoms with E-state index >= 15 is 0 Å². The van der Waals surface area contributed by atoms with Crippen LogP contribution in [0.2, 0.25) is 0 Å². The van der Waals surface area contributed by atoms with Gasteiger partial charge in [0.05, 0.1) is 6.10 Å². The summed E-state index contributed by atoms with van der Waals surface area (Å²) in [6.07, 6.45) is 0.920. The number of nitrogens with two attached hydrogens (primary N) is 1. The summed E-state index contributed by atoms with van der Waals surface area (Å²) in [6.45, 7) is 6.70. The summed E-state index contributed by atoms with van der Waals surface area (Å²) < 4.78 is 0. The predicted octanol–water partition coefficient (Wildman–Crippen LogP) is 0.987. The average molecular weight is 169 g/mol. The molecule has 3 aliphatic rings. The van der Waals surface area contributed by atoms with Gasteiger partial charge in [-0.25, -0.2) is 0 Å². The van der Waals surface area contributed by atoms with Gasteiger partial charge in [0.25, 0.3) is 0 Å². The first-order chi connectivity index (χ1) is 5.46. The van der Waals surface area contributed by atoms with Crippen LogP contribution >= 0.6 is 0 Å². The number of fused-ring (bicyclic) bond motifs is 2. The van der Waals surface area contributed by atoms with Crippen LogP contribution in [0.1, 0.15) is 27.2 Å². The van der Waals surface area contributed by atoms with Crippen LogP contribution < -0.4 is 5.73 Å². The Bertz CT molecular complexity index is 184. The Morgan fingerprint density at radius 2 is 1.92 bits per heavy atom. The van der Waals surface area contributed by atoms with Crippen molar-refractivity contribution in [2.45, 2.75) is 39.3 Å². The topological polar surface area (TPSA) is 46.2 Å². The van der Waals surface area contributed by atoms with E-state index < -0.39 is 0 Å². The first-order valence-electron chi connectivity index (χ1n) is 4.90. The summed E-state index contributed by atoms with van der Waals surface area (Å²) in [5.74, 6) is 1.68. The van der Waals surface area contributed by atoms with Crippen molar-refractivity contribution in [2.24, 2.45) is 28.9 Å². The molecule has 5 atom stereocenters. The van der Waals surface area contributed by atoms with E-state index in [-0.39, 0.29) is 12.1 Å². The zero-order valence-corrected chi connectivity index (χ0v) is 8.12. The molecule has 3 saturated carbocycles. The summed E-state index contributed by atoms with van der Waals surface area (Å²) >= 11 is 0. The van der Waals surface area contributed by atoms with Gasteiger partial charge >= 0.3 is 0 Å². The standard InChI is InChI=1S/C10H19NO/c1-5-6-4-7(10(6,2)3)9(12)8(5)11/h5-9,12H,4,11H2,1-3H3. The monoisotopic (exact) mass is 169 g/mol. The second-order valence-electron chi connectivity index (χ2n) is 5.20. The maximum absolute atomic E-state index is 9.87. The quantitative estimate of drug-likeness (QED) is 0.568. The van der Waals surface area contributed by atoms with Gasteiger partial charge in [-0.15, -0.1) is 0 Å². The highest BCUT2D eigenvalue weighted by Crippen LogP contribution is 2.60. The molecular formula is C10H19NO. The van der Waals surface area contributed by atoms with E-state index in [2.05, 4.69) is 20.8 Å². The summed E-state index contributed by atoms with van der Waals surface area (Å²) in [5, 5.41) is 9.87. The highest BCUT2D eigenvalue weighted by Gasteiger charge is 2.59. The second-order valence-corrected chi connectivity index (χ2v) is 5.20. The van der Waals surface area contributed by atoms with Crippen LogP contribution in [0.4, 0.5) is 0 Å². The minimum Gasteiger partial charge on any atom is -0.391 e. The SMILES string of the molecule is CC1C(N)C(O)C2CC1C2(C)C. The fourth-order valence-electron chi connectivity index (χ4n) is 3.31. The molecule has 0 aromatic carbocycles. The van der Waals surface area contributed by atoms with Gasteiger partial charge < -0.3 is 10.8 Å². The molecule has 0 aromatic rings. The fraction of sp³-hybridized carbons (Fsp3) is 1.00. The highest BCUT2D eigenvalue weighted by molar-refractivity contribution is 5.10. The summed E-state index contributed by atoms with van der Waals surface area (Å²) in [7, 11) is 0. The van der Waals surface area contributed by atoms with Crippen LogP contribution in [0.5, 0.6) is 0 Å². The number of aliphatic hydroxyl groups excluding tert-OH is 1. The maximum atomic E-state index is 9.87. The van der Waals surface area contributed by atoms with Gasteiger partial charge in [-0.2, -0.15) is 0 Å². The molecule has 2 heteroatoms. The number of hydrogen-bond acceptors (Lipinski definition) is 2. The van der Waals surface area contributed by atoms with Crippen molar-refractivity contribution in [1.29, 1.82) is 0 Å². The molecule has 5 unspecified atom stereocenters. The van der Waals surface area contributed by atoms with Crippen LogP contribution in [0.3, 0.4) is 0 Å². The molecule has 0 radical (unpaired) electrons. The van der Waals surface area contributed by atoms with E-state index in [1.165, 1.54) is 6.42 Å². The van der Waals surface area contributed by atoms with Crippen LogP contribution in [-0.4, -0.2) is 17.3 Å². The van der Waals surface area contributed by atoms with Gasteiger partial charge in [-0.3, -0.25) is 0 Å². The lowest BCUT2D eigenvalue weighted by atomic mass is 9.44. The minimum absolute atomic E-state index is 0.0155. The van der Waals surface area contributed by atoms with Crippen molar-refractivity contribution in [3.05, 3.63) is 0 Å². The Hall–Kier alpha value is -0.0800. The first-order valence-corrected chi connectivity index (χ1v) is 4.90. The second kappa shape index (κ2) is 2.24. The molecular weight excluding hydrogens is 150 g/mol. The van der Waals surface area contributed by atoms with E-state index in [0.717, 1.165) is 5.92 Å². The highest BCUT2D eigenvalue weighted by atomic mass is 16.3. The van der Waals surface area contributed by atoms with E-state index in [9.17, 15) is 5.11 Å². The smallest absolute Gasteiger partial charge is 0.0727 e. The number of hydrogen-bond donors (Lipinski definition) is 2. The Labute approximate surface area is 74.1 Å². The average Bonchev–Trinajstić information content (AvgIpc) is 1.98. The number of rotatable bonds is 0. The third-order valence-corrected chi connectivity index (χ3v) is 4.47. The van der Waals surface area contributed by atoms with Gasteiger partial charge in [0.2, 0.25) is 0 Å². The van der Waals surface area contributed by atoms with Crippen LogP contribution in [0.25, 0.3) is 0 Å². The molecule has 0 heterocycles. The molecule has 0 saturated heterocycles. The van der Waals surface area contributed by atoms with E-state index in [0.29, 0.717) is 17.3 Å². The summed E-state index contributed by atoms with van der Waals surface area (Å²) in [4.78, 5) is 0. The lowest BCUT2D eigenvalue weighted by Crippen LogP contribution is -2.66. The lowest BCUT2D eigenvalue weighted by Gasteiger charge is -2.63. The van der Waals surface area contributed by atoms with Crippen molar-refractivity contribution in [3.63, 3.8) is 0 Å². The van der Waals surface area contributed by atoms with E-state index in [4.69, 9.17) is 5.73 Å². The molecule has 3 aliphatic carbocycles. The zero-order valence-electron chi connectivity index (χ0n) is 8.12. The molecule has 12 heavy (non-hydrogen) atoms. The molecule has 3 rings (SSSR count). The molecule has 2 nitrogen and oxygen atoms in total. The Balaban J connectivity index is 2.24. The molecule has 0 spiro atoms. The van der Waals surface area contributed by atoms with Crippen LogP contribution in [0, 0.1) is 23.2 Å². The van der Waals surface area contributed by atoms with Gasteiger partial charge in [-0.05, 0) is 29.6 Å². The third kappa shape index (κ3) is 0.775. The Kier molecular flexibility index (Phi) is 1.59. The van der Waals surface area contributed by atoms with Crippen molar-refractivity contribution < 1.29 is 5.11 Å². The molecule has 70 valence electrons. The van der Waals surface area contributed by atoms with Crippen LogP contribution in [0.15, 0.2) is 0 Å². The molecule has 3 fully saturated rings. The van der Waals surface area contributed by atoms with E-state index in [1.54, 1.807) is 0 Å². The van der Waals surface area contributed by atoms with Gasteiger partial charge in [-0.1, -0.05) is 20.8 Å². The van der Waals surface area contributed by atoms with Crippen LogP contribution in [-0.2, 0) is 0 Å². The zero-order chi connectivity index (χ0) is 9.09. The first kappa shape index (κ1) is 8.52. The molecule has 3 N–H and O–H groups in total. The number of aliphatic hydroxyl groups is 1. The third-order valence-electron chi connectivity index (χ3n) is 4.47. The Morgan fingerprint density at radius 1 is 1.33 bits per heavy atom. The minimum atomic E-state index is -0.264. The van der Waals surface area contributed by atoms with Gasteiger partial charge in [0.15, 0.2) is 0 Å². The fourth-order valence-corrected chi connectivity index (χ4v) is 3.31. The van der Waals surface area contributed by atoms with Crippen molar-refractivity contribution in [1.82, 2.24) is 0 Å². The van der Waals surface area contributed by atoms with Crippen molar-refractivity contribution in [3.8, 4) is 0 Å². The van der Waals surface area contributed by atoms with Crippen molar-refractivity contribution >= 4 is 0 Å². The normalized spacial score (nSPS) is 56.2.